The van der Waals surface area contributed by atoms with E-state index in [1.54, 1.807) is 14.2 Å². The maximum Gasteiger partial charge on any atom is 0.120 e. The Morgan fingerprint density at radius 2 is 1.51 bits per heavy atom. The number of hydrogen-bond acceptors (Lipinski definition) is 3. The van der Waals surface area contributed by atoms with Gasteiger partial charge in [-0.3, -0.25) is 0 Å². The zero-order valence-electron chi connectivity index (χ0n) is 22.0. The summed E-state index contributed by atoms with van der Waals surface area (Å²) >= 11 is 0. The van der Waals surface area contributed by atoms with Crippen LogP contribution in [0.25, 0.3) is 0 Å². The maximum absolute atomic E-state index is 5.65. The van der Waals surface area contributed by atoms with Crippen LogP contribution in [0.3, 0.4) is 0 Å². The molecule has 0 aromatic heterocycles. The molecule has 0 saturated heterocycles. The zero-order valence-corrected chi connectivity index (χ0v) is 22.0. The minimum Gasteiger partial charge on any atom is -0.497 e. The molecule has 0 unspecified atom stereocenters. The molecule has 3 nitrogen and oxygen atoms in total. The van der Waals surface area contributed by atoms with Crippen LogP contribution in [0.5, 0.6) is 11.5 Å². The predicted octanol–water partition coefficient (Wildman–Crippen LogP) is 7.74. The SMILES string of the molecule is CCCCCc1ccc(CN(CC)c2cc(OC)ccc2[C@@H]2CCc3cc(OC)ccc3C2)cc1. The number of ether oxygens (including phenoxy) is 2. The summed E-state index contributed by atoms with van der Waals surface area (Å²) < 4.78 is 11.1. The lowest BCUT2D eigenvalue weighted by Crippen LogP contribution is -2.25. The molecule has 0 heterocycles. The lowest BCUT2D eigenvalue weighted by molar-refractivity contribution is 0.412. The lowest BCUT2D eigenvalue weighted by atomic mass is 9.79. The quantitative estimate of drug-likeness (QED) is 0.267. The van der Waals surface area contributed by atoms with Crippen LogP contribution in [0, 0.1) is 0 Å². The van der Waals surface area contributed by atoms with Gasteiger partial charge in [-0.1, -0.05) is 56.2 Å². The van der Waals surface area contributed by atoms with E-state index in [1.165, 1.54) is 59.2 Å². The summed E-state index contributed by atoms with van der Waals surface area (Å²) in [6.07, 6.45) is 8.36. The molecule has 3 heteroatoms. The fourth-order valence-corrected chi connectivity index (χ4v) is 5.37. The summed E-state index contributed by atoms with van der Waals surface area (Å²) in [6, 6.07) is 22.5. The summed E-state index contributed by atoms with van der Waals surface area (Å²) in [7, 11) is 3.51. The first-order valence-electron chi connectivity index (χ1n) is 13.3. The fourth-order valence-electron chi connectivity index (χ4n) is 5.37. The highest BCUT2D eigenvalue weighted by atomic mass is 16.5. The first kappa shape index (κ1) is 25.2. The fraction of sp³-hybridized carbons (Fsp3) is 0.438. The van der Waals surface area contributed by atoms with Crippen LogP contribution < -0.4 is 14.4 Å². The molecule has 0 spiro atoms. The Bertz CT molecular complexity index is 1090. The molecule has 1 atom stereocenters. The van der Waals surface area contributed by atoms with E-state index in [2.05, 4.69) is 79.4 Å². The van der Waals surface area contributed by atoms with Crippen LogP contribution in [-0.4, -0.2) is 20.8 Å². The summed E-state index contributed by atoms with van der Waals surface area (Å²) in [6.45, 7) is 6.38. The summed E-state index contributed by atoms with van der Waals surface area (Å²) in [5, 5.41) is 0. The molecule has 0 amide bonds. The van der Waals surface area contributed by atoms with Gasteiger partial charge in [0, 0.05) is 24.8 Å². The first-order valence-corrected chi connectivity index (χ1v) is 13.3. The van der Waals surface area contributed by atoms with E-state index >= 15 is 0 Å². The number of nitrogens with zero attached hydrogens (tertiary/aromatic N) is 1. The monoisotopic (exact) mass is 471 g/mol. The predicted molar refractivity (Wildman–Crippen MR) is 147 cm³/mol. The van der Waals surface area contributed by atoms with Crippen LogP contribution in [-0.2, 0) is 25.8 Å². The molecule has 1 aliphatic carbocycles. The zero-order chi connectivity index (χ0) is 24.6. The standard InChI is InChI=1S/C32H41NO2/c1-5-7-8-9-24-10-12-25(13-11-24)23-33(6-2)32-22-30(35-4)18-19-31(32)28-15-14-27-21-29(34-3)17-16-26(27)20-28/h10-13,16-19,21-22,28H,5-9,14-15,20,23H2,1-4H3/t28-/m1/s1. The number of anilines is 1. The number of rotatable bonds is 11. The molecule has 1 aliphatic rings. The van der Waals surface area contributed by atoms with Crippen molar-refractivity contribution in [3.8, 4) is 11.5 Å². The van der Waals surface area contributed by atoms with Crippen LogP contribution in [0.1, 0.15) is 73.3 Å². The van der Waals surface area contributed by atoms with E-state index in [0.29, 0.717) is 5.92 Å². The number of fused-ring (bicyclic) bond motifs is 1. The average Bonchev–Trinajstić information content (AvgIpc) is 2.91. The van der Waals surface area contributed by atoms with Crippen molar-refractivity contribution >= 4 is 5.69 Å². The van der Waals surface area contributed by atoms with Crippen molar-refractivity contribution in [2.24, 2.45) is 0 Å². The van der Waals surface area contributed by atoms with E-state index in [9.17, 15) is 0 Å². The molecule has 0 saturated carbocycles. The number of aryl methyl sites for hydroxylation is 2. The second-order valence-corrected chi connectivity index (χ2v) is 9.79. The van der Waals surface area contributed by atoms with Gasteiger partial charge in [-0.15, -0.1) is 0 Å². The molecule has 0 N–H and O–H groups in total. The minimum absolute atomic E-state index is 0.506. The summed E-state index contributed by atoms with van der Waals surface area (Å²) in [4.78, 5) is 2.51. The minimum atomic E-state index is 0.506. The molecule has 186 valence electrons. The third-order valence-corrected chi connectivity index (χ3v) is 7.51. The molecule has 3 aromatic rings. The van der Waals surface area contributed by atoms with Gasteiger partial charge in [0.05, 0.1) is 14.2 Å². The number of benzene rings is 3. The van der Waals surface area contributed by atoms with E-state index in [4.69, 9.17) is 9.47 Å². The highest BCUT2D eigenvalue weighted by molar-refractivity contribution is 5.60. The Hall–Kier alpha value is -2.94. The maximum atomic E-state index is 5.65. The van der Waals surface area contributed by atoms with Crippen LogP contribution >= 0.6 is 0 Å². The van der Waals surface area contributed by atoms with Gasteiger partial charge in [0.1, 0.15) is 11.5 Å². The third-order valence-electron chi connectivity index (χ3n) is 7.51. The molecular formula is C32H41NO2. The molecule has 35 heavy (non-hydrogen) atoms. The van der Waals surface area contributed by atoms with Crippen molar-refractivity contribution in [3.63, 3.8) is 0 Å². The Morgan fingerprint density at radius 1 is 0.800 bits per heavy atom. The Labute approximate surface area is 212 Å². The molecule has 0 bridgehead atoms. The Morgan fingerprint density at radius 3 is 2.23 bits per heavy atom. The van der Waals surface area contributed by atoms with Gasteiger partial charge in [-0.25, -0.2) is 0 Å². The normalized spacial score (nSPS) is 14.9. The van der Waals surface area contributed by atoms with Gasteiger partial charge in [-0.2, -0.15) is 0 Å². The number of methoxy groups -OCH3 is 2. The van der Waals surface area contributed by atoms with Crippen molar-refractivity contribution in [2.45, 2.75) is 71.3 Å². The smallest absolute Gasteiger partial charge is 0.120 e. The topological polar surface area (TPSA) is 21.7 Å². The van der Waals surface area contributed by atoms with Crippen molar-refractivity contribution < 1.29 is 9.47 Å². The molecule has 3 aromatic carbocycles. The van der Waals surface area contributed by atoms with Crippen molar-refractivity contribution in [1.29, 1.82) is 0 Å². The third kappa shape index (κ3) is 6.20. The van der Waals surface area contributed by atoms with Crippen LogP contribution in [0.4, 0.5) is 5.69 Å². The lowest BCUT2D eigenvalue weighted by Gasteiger charge is -2.32. The first-order chi connectivity index (χ1) is 17.1. The highest BCUT2D eigenvalue weighted by Gasteiger charge is 2.24. The number of unbranched alkanes of at least 4 members (excludes halogenated alkanes) is 2. The van der Waals surface area contributed by atoms with Crippen molar-refractivity contribution in [3.05, 3.63) is 88.5 Å². The van der Waals surface area contributed by atoms with E-state index in [1.807, 2.05) is 0 Å². The molecule has 4 rings (SSSR count). The Balaban J connectivity index is 1.56. The van der Waals surface area contributed by atoms with Crippen molar-refractivity contribution in [2.75, 3.05) is 25.7 Å². The largest absolute Gasteiger partial charge is 0.497 e. The summed E-state index contributed by atoms with van der Waals surface area (Å²) in [5.74, 6) is 2.39. The van der Waals surface area contributed by atoms with Gasteiger partial charge in [0.2, 0.25) is 0 Å². The van der Waals surface area contributed by atoms with E-state index in [-0.39, 0.29) is 0 Å². The highest BCUT2D eigenvalue weighted by Crippen LogP contribution is 2.40. The second-order valence-electron chi connectivity index (χ2n) is 9.79. The summed E-state index contributed by atoms with van der Waals surface area (Å²) in [5.41, 5.74) is 8.43. The molecule has 0 fully saturated rings. The van der Waals surface area contributed by atoms with E-state index in [0.717, 1.165) is 43.9 Å². The second kappa shape index (κ2) is 12.2. The van der Waals surface area contributed by atoms with Crippen LogP contribution in [0.15, 0.2) is 60.7 Å². The Kier molecular flexibility index (Phi) is 8.74. The van der Waals surface area contributed by atoms with Crippen LogP contribution in [0.2, 0.25) is 0 Å². The molecule has 0 radical (unpaired) electrons. The average molecular weight is 472 g/mol. The molecular weight excluding hydrogens is 430 g/mol. The number of hydrogen-bond donors (Lipinski definition) is 0. The van der Waals surface area contributed by atoms with E-state index < -0.39 is 0 Å². The van der Waals surface area contributed by atoms with Gasteiger partial charge >= 0.3 is 0 Å². The molecule has 0 aliphatic heterocycles. The van der Waals surface area contributed by atoms with Gasteiger partial charge < -0.3 is 14.4 Å². The van der Waals surface area contributed by atoms with Gasteiger partial charge in [-0.05, 0) is 91.0 Å². The van der Waals surface area contributed by atoms with Gasteiger partial charge in [0.25, 0.3) is 0 Å². The van der Waals surface area contributed by atoms with Gasteiger partial charge in [0.15, 0.2) is 0 Å². The van der Waals surface area contributed by atoms with Crippen molar-refractivity contribution in [1.82, 2.24) is 0 Å².